The topological polar surface area (TPSA) is 58.6 Å². The smallest absolute Gasteiger partial charge is 0.251 e. The van der Waals surface area contributed by atoms with Gasteiger partial charge in [-0.1, -0.05) is 6.92 Å². The highest BCUT2D eigenvalue weighted by Crippen LogP contribution is 2.17. The second-order valence-corrected chi connectivity index (χ2v) is 6.08. The first-order valence-corrected chi connectivity index (χ1v) is 8.49. The molecular weight excluding hydrogens is 311 g/mol. The van der Waals surface area contributed by atoms with E-state index in [0.717, 1.165) is 32.5 Å². The number of rotatable bonds is 8. The molecule has 5 nitrogen and oxygen atoms in total. The highest BCUT2D eigenvalue weighted by Gasteiger charge is 2.25. The molecule has 132 valence electrons. The highest BCUT2D eigenvalue weighted by molar-refractivity contribution is 5.94. The number of halogens is 1. The van der Waals surface area contributed by atoms with Crippen LogP contribution in [0.2, 0.25) is 0 Å². The average molecular weight is 336 g/mol. The van der Waals surface area contributed by atoms with Gasteiger partial charge in [-0.05, 0) is 37.1 Å². The van der Waals surface area contributed by atoms with Gasteiger partial charge in [-0.25, -0.2) is 4.39 Å². The van der Waals surface area contributed by atoms with Crippen LogP contribution in [0.25, 0.3) is 0 Å². The van der Waals surface area contributed by atoms with E-state index in [2.05, 4.69) is 12.2 Å². The SMILES string of the molecule is CCCOC[C@H]1CCN(C(=O)CCNC(=O)c2ccc(F)cc2)C1. The summed E-state index contributed by atoms with van der Waals surface area (Å²) in [5.74, 6) is -0.218. The lowest BCUT2D eigenvalue weighted by molar-refractivity contribution is -0.130. The monoisotopic (exact) mass is 336 g/mol. The fourth-order valence-corrected chi connectivity index (χ4v) is 2.73. The van der Waals surface area contributed by atoms with Gasteiger partial charge < -0.3 is 15.0 Å². The van der Waals surface area contributed by atoms with E-state index in [0.29, 0.717) is 18.1 Å². The predicted molar refractivity (Wildman–Crippen MR) is 89.1 cm³/mol. The van der Waals surface area contributed by atoms with Crippen LogP contribution in [-0.4, -0.2) is 49.6 Å². The molecule has 0 spiro atoms. The molecule has 1 atom stereocenters. The molecular formula is C18H25FN2O3. The Morgan fingerprint density at radius 1 is 1.33 bits per heavy atom. The Hall–Kier alpha value is -1.95. The van der Waals surface area contributed by atoms with Crippen LogP contribution in [0.3, 0.4) is 0 Å². The van der Waals surface area contributed by atoms with E-state index in [4.69, 9.17) is 4.74 Å². The summed E-state index contributed by atoms with van der Waals surface area (Å²) in [6.07, 6.45) is 2.25. The van der Waals surface area contributed by atoms with E-state index in [1.165, 1.54) is 24.3 Å². The van der Waals surface area contributed by atoms with Crippen LogP contribution < -0.4 is 5.32 Å². The molecule has 0 saturated carbocycles. The molecule has 1 saturated heterocycles. The van der Waals surface area contributed by atoms with Gasteiger partial charge in [0.05, 0.1) is 6.61 Å². The number of benzene rings is 1. The van der Waals surface area contributed by atoms with Crippen molar-refractivity contribution in [2.45, 2.75) is 26.2 Å². The summed E-state index contributed by atoms with van der Waals surface area (Å²) in [6, 6.07) is 5.33. The number of ether oxygens (including phenoxy) is 1. The fraction of sp³-hybridized carbons (Fsp3) is 0.556. The lowest BCUT2D eigenvalue weighted by Crippen LogP contribution is -2.33. The number of nitrogens with zero attached hydrogens (tertiary/aromatic N) is 1. The van der Waals surface area contributed by atoms with Gasteiger partial charge in [-0.2, -0.15) is 0 Å². The standard InChI is InChI=1S/C18H25FN2O3/c1-2-11-24-13-14-8-10-21(12-14)17(22)7-9-20-18(23)15-3-5-16(19)6-4-15/h3-6,14H,2,7-13H2,1H3,(H,20,23)/t14-/m0/s1. The molecule has 1 aliphatic heterocycles. The van der Waals surface area contributed by atoms with Crippen LogP contribution in [0.4, 0.5) is 4.39 Å². The lowest BCUT2D eigenvalue weighted by Gasteiger charge is -2.17. The zero-order valence-corrected chi connectivity index (χ0v) is 14.1. The van der Waals surface area contributed by atoms with Crippen LogP contribution in [0, 0.1) is 11.7 Å². The third-order valence-corrected chi connectivity index (χ3v) is 4.07. The summed E-state index contributed by atoms with van der Waals surface area (Å²) in [4.78, 5) is 25.9. The van der Waals surface area contributed by atoms with Gasteiger partial charge in [0.15, 0.2) is 0 Å². The summed E-state index contributed by atoms with van der Waals surface area (Å²) in [7, 11) is 0. The average Bonchev–Trinajstić information content (AvgIpc) is 3.04. The van der Waals surface area contributed by atoms with Gasteiger partial charge in [0.25, 0.3) is 5.91 Å². The highest BCUT2D eigenvalue weighted by atomic mass is 19.1. The molecule has 0 unspecified atom stereocenters. The van der Waals surface area contributed by atoms with Crippen molar-refractivity contribution < 1.29 is 18.7 Å². The fourth-order valence-electron chi connectivity index (χ4n) is 2.73. The molecule has 0 aromatic heterocycles. The molecule has 0 aliphatic carbocycles. The van der Waals surface area contributed by atoms with Gasteiger partial charge in [0, 0.05) is 44.1 Å². The maximum Gasteiger partial charge on any atom is 0.251 e. The molecule has 1 N–H and O–H groups in total. The predicted octanol–water partition coefficient (Wildman–Crippen LogP) is 2.22. The quantitative estimate of drug-likeness (QED) is 0.741. The van der Waals surface area contributed by atoms with E-state index in [9.17, 15) is 14.0 Å². The van der Waals surface area contributed by atoms with Gasteiger partial charge in [0.2, 0.25) is 5.91 Å². The van der Waals surface area contributed by atoms with Crippen LogP contribution in [0.1, 0.15) is 36.5 Å². The lowest BCUT2D eigenvalue weighted by atomic mass is 10.1. The minimum absolute atomic E-state index is 0.0485. The number of nitrogens with one attached hydrogen (secondary N) is 1. The molecule has 0 bridgehead atoms. The number of likely N-dealkylation sites (tertiary alicyclic amines) is 1. The molecule has 1 aliphatic rings. The zero-order chi connectivity index (χ0) is 17.4. The van der Waals surface area contributed by atoms with Gasteiger partial charge in [0.1, 0.15) is 5.82 Å². The molecule has 1 aromatic rings. The third-order valence-electron chi connectivity index (χ3n) is 4.07. The molecule has 24 heavy (non-hydrogen) atoms. The minimum Gasteiger partial charge on any atom is -0.381 e. The van der Waals surface area contributed by atoms with Crippen molar-refractivity contribution in [1.82, 2.24) is 10.2 Å². The van der Waals surface area contributed by atoms with E-state index in [1.807, 2.05) is 4.90 Å². The molecule has 1 fully saturated rings. The first-order valence-electron chi connectivity index (χ1n) is 8.49. The van der Waals surface area contributed by atoms with E-state index >= 15 is 0 Å². The summed E-state index contributed by atoms with van der Waals surface area (Å²) in [5.41, 5.74) is 0.387. The van der Waals surface area contributed by atoms with Gasteiger partial charge in [-0.3, -0.25) is 9.59 Å². The van der Waals surface area contributed by atoms with Crippen LogP contribution >= 0.6 is 0 Å². The number of carbonyl (C=O) groups is 2. The molecule has 2 amide bonds. The Kier molecular flexibility index (Phi) is 7.18. The number of hydrogen-bond donors (Lipinski definition) is 1. The van der Waals surface area contributed by atoms with Crippen molar-refractivity contribution in [3.8, 4) is 0 Å². The normalized spacial score (nSPS) is 17.1. The molecule has 2 rings (SSSR count). The minimum atomic E-state index is -0.381. The van der Waals surface area contributed by atoms with Crippen LogP contribution in [-0.2, 0) is 9.53 Å². The summed E-state index contributed by atoms with van der Waals surface area (Å²) >= 11 is 0. The molecule has 1 heterocycles. The number of amides is 2. The van der Waals surface area contributed by atoms with Crippen molar-refractivity contribution in [2.24, 2.45) is 5.92 Å². The Morgan fingerprint density at radius 3 is 2.79 bits per heavy atom. The molecule has 0 radical (unpaired) electrons. The Labute approximate surface area is 142 Å². The number of carbonyl (C=O) groups excluding carboxylic acids is 2. The van der Waals surface area contributed by atoms with Crippen LogP contribution in [0.15, 0.2) is 24.3 Å². The third kappa shape index (κ3) is 5.60. The van der Waals surface area contributed by atoms with E-state index < -0.39 is 0 Å². The van der Waals surface area contributed by atoms with Crippen LogP contribution in [0.5, 0.6) is 0 Å². The van der Waals surface area contributed by atoms with Crippen molar-refractivity contribution >= 4 is 11.8 Å². The van der Waals surface area contributed by atoms with E-state index in [1.54, 1.807) is 0 Å². The second kappa shape index (κ2) is 9.37. The second-order valence-electron chi connectivity index (χ2n) is 6.08. The number of hydrogen-bond acceptors (Lipinski definition) is 3. The molecule has 1 aromatic carbocycles. The first kappa shape index (κ1) is 18.4. The largest absolute Gasteiger partial charge is 0.381 e. The summed E-state index contributed by atoms with van der Waals surface area (Å²) in [5, 5.41) is 2.69. The zero-order valence-electron chi connectivity index (χ0n) is 14.1. The Balaban J connectivity index is 1.66. The van der Waals surface area contributed by atoms with Crippen molar-refractivity contribution in [1.29, 1.82) is 0 Å². The first-order chi connectivity index (χ1) is 11.6. The van der Waals surface area contributed by atoms with E-state index in [-0.39, 0.29) is 30.6 Å². The maximum atomic E-state index is 12.8. The Morgan fingerprint density at radius 2 is 2.08 bits per heavy atom. The maximum absolute atomic E-state index is 12.8. The summed E-state index contributed by atoms with van der Waals surface area (Å²) in [6.45, 7) is 5.31. The van der Waals surface area contributed by atoms with Crippen molar-refractivity contribution in [3.63, 3.8) is 0 Å². The summed E-state index contributed by atoms with van der Waals surface area (Å²) < 4.78 is 18.4. The van der Waals surface area contributed by atoms with Gasteiger partial charge >= 0.3 is 0 Å². The van der Waals surface area contributed by atoms with Crippen molar-refractivity contribution in [2.75, 3.05) is 32.8 Å². The van der Waals surface area contributed by atoms with Gasteiger partial charge in [-0.15, -0.1) is 0 Å². The Bertz CT molecular complexity index is 548. The molecule has 6 heteroatoms. The van der Waals surface area contributed by atoms with Crippen molar-refractivity contribution in [3.05, 3.63) is 35.6 Å².